The van der Waals surface area contributed by atoms with Crippen LogP contribution in [0.2, 0.25) is 0 Å². The van der Waals surface area contributed by atoms with Crippen molar-refractivity contribution >= 4 is 51.9 Å². The Kier molecular flexibility index (Phi) is 5.23. The molecule has 2 amide bonds. The van der Waals surface area contributed by atoms with E-state index in [1.807, 2.05) is 18.5 Å². The van der Waals surface area contributed by atoms with Crippen LogP contribution in [-0.4, -0.2) is 30.3 Å². The van der Waals surface area contributed by atoms with E-state index in [-0.39, 0.29) is 18.3 Å². The number of nitrogens with one attached hydrogen (secondary N) is 1. The van der Waals surface area contributed by atoms with Gasteiger partial charge in [-0.3, -0.25) is 9.59 Å². The lowest BCUT2D eigenvalue weighted by molar-refractivity contribution is 0.1000. The van der Waals surface area contributed by atoms with E-state index in [4.69, 9.17) is 5.73 Å². The van der Waals surface area contributed by atoms with E-state index in [1.54, 1.807) is 6.07 Å². The van der Waals surface area contributed by atoms with Crippen molar-refractivity contribution in [2.45, 2.75) is 13.0 Å². The number of likely N-dealkylation sites (N-methyl/N-ethyl adjacent to an activating group) is 1. The van der Waals surface area contributed by atoms with E-state index < -0.39 is 5.91 Å². The summed E-state index contributed by atoms with van der Waals surface area (Å²) < 4.78 is 0. The van der Waals surface area contributed by atoms with Crippen molar-refractivity contribution < 1.29 is 9.59 Å². The number of thiophene rings is 2. The molecule has 3 heterocycles. The minimum Gasteiger partial charge on any atom is -0.365 e. The van der Waals surface area contributed by atoms with Gasteiger partial charge >= 0.3 is 0 Å². The summed E-state index contributed by atoms with van der Waals surface area (Å²) in [7, 11) is 2.04. The van der Waals surface area contributed by atoms with Crippen LogP contribution in [0.5, 0.6) is 0 Å². The lowest BCUT2D eigenvalue weighted by Crippen LogP contribution is -2.27. The fourth-order valence-electron chi connectivity index (χ4n) is 2.45. The van der Waals surface area contributed by atoms with Crippen LogP contribution in [0.25, 0.3) is 0 Å². The summed E-state index contributed by atoms with van der Waals surface area (Å²) in [6.45, 7) is 1.68. The van der Waals surface area contributed by atoms with Crippen LogP contribution in [-0.2, 0) is 13.0 Å². The quantitative estimate of drug-likeness (QED) is 0.886. The molecule has 0 saturated carbocycles. The first-order valence-corrected chi connectivity index (χ1v) is 8.23. The summed E-state index contributed by atoms with van der Waals surface area (Å²) in [5.74, 6) is -0.669. The standard InChI is InChI=1S/C14H15N3O2S2.ClH/c1-17-5-4-8-10(7-17)21-14(11(8)12(15)18)16-13(19)9-3-2-6-20-9;/h2-3,6H,4-5,7H2,1H3,(H2,15,18)(H,16,19);1H. The van der Waals surface area contributed by atoms with E-state index in [0.29, 0.717) is 15.4 Å². The first kappa shape index (κ1) is 17.0. The van der Waals surface area contributed by atoms with Gasteiger partial charge in [0.05, 0.1) is 10.4 Å². The van der Waals surface area contributed by atoms with Gasteiger partial charge in [-0.1, -0.05) is 6.07 Å². The number of carbonyl (C=O) groups excluding carboxylic acids is 2. The van der Waals surface area contributed by atoms with E-state index in [0.717, 1.165) is 30.0 Å². The molecule has 0 atom stereocenters. The summed E-state index contributed by atoms with van der Waals surface area (Å²) in [6, 6.07) is 3.58. The summed E-state index contributed by atoms with van der Waals surface area (Å²) in [4.78, 5) is 27.9. The topological polar surface area (TPSA) is 75.4 Å². The summed E-state index contributed by atoms with van der Waals surface area (Å²) in [5, 5.41) is 5.25. The third-order valence-electron chi connectivity index (χ3n) is 3.47. The Morgan fingerprint density at radius 3 is 2.82 bits per heavy atom. The van der Waals surface area contributed by atoms with Crippen molar-refractivity contribution in [3.63, 3.8) is 0 Å². The Balaban J connectivity index is 0.00000176. The third kappa shape index (κ3) is 3.17. The molecule has 0 fully saturated rings. The molecule has 1 aliphatic heterocycles. The van der Waals surface area contributed by atoms with Crippen molar-refractivity contribution in [2.75, 3.05) is 18.9 Å². The maximum absolute atomic E-state index is 12.2. The monoisotopic (exact) mass is 357 g/mol. The second-order valence-electron chi connectivity index (χ2n) is 4.99. The number of rotatable bonds is 3. The van der Waals surface area contributed by atoms with Crippen LogP contribution >= 0.6 is 35.1 Å². The Labute approximate surface area is 142 Å². The van der Waals surface area contributed by atoms with Gasteiger partial charge in [0, 0.05) is 18.0 Å². The molecule has 0 radical (unpaired) electrons. The zero-order valence-corrected chi connectivity index (χ0v) is 14.4. The number of nitrogens with zero attached hydrogens (tertiary/aromatic N) is 1. The molecule has 3 rings (SSSR count). The highest BCUT2D eigenvalue weighted by Gasteiger charge is 2.26. The number of anilines is 1. The minimum atomic E-state index is -0.474. The van der Waals surface area contributed by atoms with Gasteiger partial charge in [0.25, 0.3) is 11.8 Å². The zero-order chi connectivity index (χ0) is 15.0. The van der Waals surface area contributed by atoms with Gasteiger partial charge in [-0.2, -0.15) is 0 Å². The predicted molar refractivity (Wildman–Crippen MR) is 92.4 cm³/mol. The van der Waals surface area contributed by atoms with E-state index in [9.17, 15) is 9.59 Å². The number of carbonyl (C=O) groups is 2. The number of fused-ring (bicyclic) bond motifs is 1. The molecule has 5 nitrogen and oxygen atoms in total. The normalized spacial score (nSPS) is 14.0. The fraction of sp³-hybridized carbons (Fsp3) is 0.286. The number of nitrogens with two attached hydrogens (primary N) is 1. The Bertz CT molecular complexity index is 697. The van der Waals surface area contributed by atoms with Crippen LogP contribution in [0.1, 0.15) is 30.5 Å². The van der Waals surface area contributed by atoms with Crippen LogP contribution in [0.3, 0.4) is 0 Å². The molecule has 1 aliphatic rings. The van der Waals surface area contributed by atoms with Crippen LogP contribution in [0.15, 0.2) is 17.5 Å². The van der Waals surface area contributed by atoms with E-state index in [2.05, 4.69) is 10.2 Å². The molecule has 0 aliphatic carbocycles. The maximum atomic E-state index is 12.2. The Morgan fingerprint density at radius 1 is 1.41 bits per heavy atom. The second kappa shape index (κ2) is 6.78. The fourth-order valence-corrected chi connectivity index (χ4v) is 4.40. The highest BCUT2D eigenvalue weighted by atomic mass is 35.5. The second-order valence-corrected chi connectivity index (χ2v) is 7.04. The van der Waals surface area contributed by atoms with Crippen LogP contribution in [0, 0.1) is 0 Å². The lowest BCUT2D eigenvalue weighted by atomic mass is 10.0. The molecule has 0 unspecified atom stereocenters. The molecule has 22 heavy (non-hydrogen) atoms. The van der Waals surface area contributed by atoms with Crippen molar-refractivity contribution in [2.24, 2.45) is 5.73 Å². The minimum absolute atomic E-state index is 0. The highest BCUT2D eigenvalue weighted by Crippen LogP contribution is 2.36. The molecule has 118 valence electrons. The molecular formula is C14H16ClN3O2S2. The molecule has 8 heteroatoms. The molecule has 3 N–H and O–H groups in total. The number of hydrogen-bond acceptors (Lipinski definition) is 5. The molecule has 0 saturated heterocycles. The smallest absolute Gasteiger partial charge is 0.266 e. The van der Waals surface area contributed by atoms with Crippen molar-refractivity contribution in [3.05, 3.63) is 38.4 Å². The Morgan fingerprint density at radius 2 is 2.18 bits per heavy atom. The number of hydrogen-bond donors (Lipinski definition) is 2. The predicted octanol–water partition coefficient (Wildman–Crippen LogP) is 2.57. The van der Waals surface area contributed by atoms with Gasteiger partial charge in [-0.15, -0.1) is 35.1 Å². The third-order valence-corrected chi connectivity index (χ3v) is 5.47. The number of primary amides is 1. The molecule has 2 aromatic heterocycles. The van der Waals surface area contributed by atoms with Gasteiger partial charge in [-0.05, 0) is 30.5 Å². The maximum Gasteiger partial charge on any atom is 0.266 e. The number of amides is 2. The molecular weight excluding hydrogens is 342 g/mol. The summed E-state index contributed by atoms with van der Waals surface area (Å²) >= 11 is 2.82. The first-order valence-electron chi connectivity index (χ1n) is 6.54. The largest absolute Gasteiger partial charge is 0.365 e. The summed E-state index contributed by atoms with van der Waals surface area (Å²) in [6.07, 6.45) is 0.787. The average molecular weight is 358 g/mol. The van der Waals surface area contributed by atoms with E-state index >= 15 is 0 Å². The van der Waals surface area contributed by atoms with Crippen LogP contribution in [0.4, 0.5) is 5.00 Å². The van der Waals surface area contributed by atoms with Crippen molar-refractivity contribution in [1.82, 2.24) is 4.90 Å². The first-order chi connectivity index (χ1) is 10.1. The van der Waals surface area contributed by atoms with Gasteiger partial charge in [0.1, 0.15) is 5.00 Å². The van der Waals surface area contributed by atoms with Crippen molar-refractivity contribution in [1.29, 1.82) is 0 Å². The van der Waals surface area contributed by atoms with Gasteiger partial charge < -0.3 is 16.0 Å². The van der Waals surface area contributed by atoms with Gasteiger partial charge in [0.2, 0.25) is 0 Å². The van der Waals surface area contributed by atoms with E-state index in [1.165, 1.54) is 22.7 Å². The summed E-state index contributed by atoms with van der Waals surface area (Å²) in [5.41, 5.74) is 6.99. The van der Waals surface area contributed by atoms with Gasteiger partial charge in [0.15, 0.2) is 0 Å². The SMILES string of the molecule is CN1CCc2c(sc(NC(=O)c3cccs3)c2C(N)=O)C1.Cl. The number of halogens is 1. The molecule has 2 aromatic rings. The average Bonchev–Trinajstić information content (AvgIpc) is 3.04. The molecule has 0 bridgehead atoms. The van der Waals surface area contributed by atoms with Crippen molar-refractivity contribution in [3.8, 4) is 0 Å². The van der Waals surface area contributed by atoms with Gasteiger partial charge in [-0.25, -0.2) is 0 Å². The van der Waals surface area contributed by atoms with Crippen LogP contribution < -0.4 is 11.1 Å². The zero-order valence-electron chi connectivity index (χ0n) is 11.9. The lowest BCUT2D eigenvalue weighted by Gasteiger charge is -2.22. The molecule has 0 spiro atoms. The molecule has 0 aromatic carbocycles. The Hall–Kier alpha value is -1.41. The highest BCUT2D eigenvalue weighted by molar-refractivity contribution is 7.17.